The fourth-order valence-corrected chi connectivity index (χ4v) is 4.11. The van der Waals surface area contributed by atoms with Gasteiger partial charge in [0.15, 0.2) is 0 Å². The summed E-state index contributed by atoms with van der Waals surface area (Å²) in [6, 6.07) is 11.8. The van der Waals surface area contributed by atoms with Crippen molar-refractivity contribution in [3.8, 4) is 5.75 Å². The van der Waals surface area contributed by atoms with Crippen LogP contribution in [-0.4, -0.2) is 33.7 Å². The molecule has 2 aromatic carbocycles. The average Bonchev–Trinajstić information content (AvgIpc) is 2.62. The van der Waals surface area contributed by atoms with Gasteiger partial charge in [0, 0.05) is 17.0 Å². The molecule has 2 aromatic rings. The number of amides is 1. The maximum absolute atomic E-state index is 12.6. The van der Waals surface area contributed by atoms with Crippen LogP contribution in [0.25, 0.3) is 0 Å². The Balaban J connectivity index is 2.39. The van der Waals surface area contributed by atoms with Crippen LogP contribution in [0.2, 0.25) is 0 Å². The maximum Gasteiger partial charge on any atom is 0.255 e. The zero-order chi connectivity index (χ0) is 19.2. The highest BCUT2D eigenvalue weighted by molar-refractivity contribution is 7.98. The highest BCUT2D eigenvalue weighted by Gasteiger charge is 2.21. The Morgan fingerprint density at radius 3 is 2.54 bits per heavy atom. The van der Waals surface area contributed by atoms with Gasteiger partial charge in [0.1, 0.15) is 10.6 Å². The largest absolute Gasteiger partial charge is 0.492 e. The second kappa shape index (κ2) is 9.07. The number of hydrogen-bond acceptors (Lipinski definition) is 5. The number of ether oxygens (including phenoxy) is 1. The molecule has 0 fully saturated rings. The normalized spacial score (nSPS) is 11.2. The molecule has 0 saturated heterocycles. The lowest BCUT2D eigenvalue weighted by atomic mass is 10.2. The Kier molecular flexibility index (Phi) is 7.07. The van der Waals surface area contributed by atoms with Crippen molar-refractivity contribution in [1.29, 1.82) is 0 Å². The fraction of sp³-hybridized carbons (Fsp3) is 0.278. The quantitative estimate of drug-likeness (QED) is 0.671. The van der Waals surface area contributed by atoms with Crippen molar-refractivity contribution in [3.05, 3.63) is 48.0 Å². The summed E-state index contributed by atoms with van der Waals surface area (Å²) in [5.41, 5.74) is 0.913. The summed E-state index contributed by atoms with van der Waals surface area (Å²) in [7, 11) is -3.76. The summed E-state index contributed by atoms with van der Waals surface area (Å²) in [6.45, 7) is 4.02. The molecule has 0 spiro atoms. The molecule has 6 nitrogen and oxygen atoms in total. The minimum Gasteiger partial charge on any atom is -0.492 e. The smallest absolute Gasteiger partial charge is 0.255 e. The Morgan fingerprint density at radius 2 is 1.88 bits per heavy atom. The van der Waals surface area contributed by atoms with Crippen molar-refractivity contribution in [3.63, 3.8) is 0 Å². The molecule has 2 N–H and O–H groups in total. The zero-order valence-electron chi connectivity index (χ0n) is 14.9. The molecule has 140 valence electrons. The van der Waals surface area contributed by atoms with E-state index in [-0.39, 0.29) is 28.7 Å². The standard InChI is InChI=1S/C18H22N2O4S2/c1-4-19-26(22,23)17-12-13(10-11-15(17)24-5-2)18(21)20-14-8-6-7-9-16(14)25-3/h6-12,19H,4-5H2,1-3H3,(H,20,21). The van der Waals surface area contributed by atoms with E-state index < -0.39 is 10.0 Å². The van der Waals surface area contributed by atoms with Crippen LogP contribution in [0.4, 0.5) is 5.69 Å². The third kappa shape index (κ3) is 4.78. The van der Waals surface area contributed by atoms with Gasteiger partial charge in [0.2, 0.25) is 10.0 Å². The molecule has 0 saturated carbocycles. The Morgan fingerprint density at radius 1 is 1.15 bits per heavy atom. The second-order valence-corrected chi connectivity index (χ2v) is 7.83. The van der Waals surface area contributed by atoms with E-state index in [1.165, 1.54) is 23.9 Å². The van der Waals surface area contributed by atoms with E-state index in [0.717, 1.165) is 4.90 Å². The molecule has 0 aliphatic heterocycles. The number of benzene rings is 2. The maximum atomic E-state index is 12.6. The topological polar surface area (TPSA) is 84.5 Å². The van der Waals surface area contributed by atoms with E-state index in [1.54, 1.807) is 26.0 Å². The van der Waals surface area contributed by atoms with Crippen molar-refractivity contribution in [2.45, 2.75) is 23.6 Å². The van der Waals surface area contributed by atoms with Crippen molar-refractivity contribution in [2.75, 3.05) is 24.7 Å². The van der Waals surface area contributed by atoms with Crippen LogP contribution in [0.3, 0.4) is 0 Å². The van der Waals surface area contributed by atoms with Crippen LogP contribution < -0.4 is 14.8 Å². The van der Waals surface area contributed by atoms with E-state index in [4.69, 9.17) is 4.74 Å². The number of anilines is 1. The third-order valence-electron chi connectivity index (χ3n) is 3.48. The van der Waals surface area contributed by atoms with E-state index in [0.29, 0.717) is 12.3 Å². The van der Waals surface area contributed by atoms with Crippen molar-refractivity contribution >= 4 is 33.4 Å². The third-order valence-corrected chi connectivity index (χ3v) is 5.85. The van der Waals surface area contributed by atoms with Crippen LogP contribution in [0.15, 0.2) is 52.3 Å². The summed E-state index contributed by atoms with van der Waals surface area (Å²) in [4.78, 5) is 13.5. The number of carbonyl (C=O) groups excluding carboxylic acids is 1. The van der Waals surface area contributed by atoms with E-state index in [1.807, 2.05) is 24.5 Å². The predicted molar refractivity (Wildman–Crippen MR) is 105 cm³/mol. The first-order chi connectivity index (χ1) is 12.4. The molecule has 0 bridgehead atoms. The van der Waals surface area contributed by atoms with Gasteiger partial charge in [0.05, 0.1) is 12.3 Å². The van der Waals surface area contributed by atoms with Gasteiger partial charge < -0.3 is 10.1 Å². The molecule has 0 unspecified atom stereocenters. The van der Waals surface area contributed by atoms with Gasteiger partial charge in [-0.3, -0.25) is 4.79 Å². The van der Waals surface area contributed by atoms with Gasteiger partial charge in [-0.1, -0.05) is 19.1 Å². The Hall–Kier alpha value is -2.03. The molecule has 26 heavy (non-hydrogen) atoms. The Bertz CT molecular complexity index is 883. The summed E-state index contributed by atoms with van der Waals surface area (Å²) in [5, 5.41) is 2.82. The van der Waals surface area contributed by atoms with Crippen molar-refractivity contribution in [1.82, 2.24) is 4.72 Å². The number of thioether (sulfide) groups is 1. The highest BCUT2D eigenvalue weighted by atomic mass is 32.2. The van der Waals surface area contributed by atoms with Crippen LogP contribution in [0.1, 0.15) is 24.2 Å². The van der Waals surface area contributed by atoms with Crippen LogP contribution in [-0.2, 0) is 10.0 Å². The first-order valence-corrected chi connectivity index (χ1v) is 10.8. The monoisotopic (exact) mass is 394 g/mol. The lowest BCUT2D eigenvalue weighted by molar-refractivity contribution is 0.102. The molecule has 0 radical (unpaired) electrons. The van der Waals surface area contributed by atoms with E-state index in [9.17, 15) is 13.2 Å². The summed E-state index contributed by atoms with van der Waals surface area (Å²) < 4.78 is 32.7. The summed E-state index contributed by atoms with van der Waals surface area (Å²) in [5.74, 6) is -0.169. The van der Waals surface area contributed by atoms with Crippen LogP contribution in [0.5, 0.6) is 5.75 Å². The Labute approximate surface area is 158 Å². The van der Waals surface area contributed by atoms with Gasteiger partial charge in [-0.25, -0.2) is 13.1 Å². The molecule has 0 aliphatic rings. The predicted octanol–water partition coefficient (Wildman–Crippen LogP) is 3.36. The number of sulfonamides is 1. The molecule has 2 rings (SSSR count). The minimum atomic E-state index is -3.76. The van der Waals surface area contributed by atoms with Crippen molar-refractivity contribution < 1.29 is 17.9 Å². The SMILES string of the molecule is CCNS(=O)(=O)c1cc(C(=O)Nc2ccccc2SC)ccc1OCC. The number of rotatable bonds is 8. The molecular weight excluding hydrogens is 372 g/mol. The number of carbonyl (C=O) groups is 1. The second-order valence-electron chi connectivity index (χ2n) is 5.25. The average molecular weight is 395 g/mol. The van der Waals surface area contributed by atoms with Gasteiger partial charge in [-0.05, 0) is 43.5 Å². The van der Waals surface area contributed by atoms with E-state index in [2.05, 4.69) is 10.0 Å². The highest BCUT2D eigenvalue weighted by Crippen LogP contribution is 2.28. The molecule has 8 heteroatoms. The van der Waals surface area contributed by atoms with Gasteiger partial charge in [0.25, 0.3) is 5.91 Å². The van der Waals surface area contributed by atoms with E-state index >= 15 is 0 Å². The molecule has 1 amide bonds. The summed E-state index contributed by atoms with van der Waals surface area (Å²) in [6.07, 6.45) is 1.92. The van der Waals surface area contributed by atoms with Crippen LogP contribution in [0, 0.1) is 0 Å². The first-order valence-electron chi connectivity index (χ1n) is 8.13. The van der Waals surface area contributed by atoms with Gasteiger partial charge >= 0.3 is 0 Å². The molecule has 0 atom stereocenters. The number of hydrogen-bond donors (Lipinski definition) is 2. The lowest BCUT2D eigenvalue weighted by Crippen LogP contribution is -2.24. The fourth-order valence-electron chi connectivity index (χ4n) is 2.34. The number of nitrogens with one attached hydrogen (secondary N) is 2. The lowest BCUT2D eigenvalue weighted by Gasteiger charge is -2.14. The minimum absolute atomic E-state index is 0.0491. The molecule has 0 aromatic heterocycles. The number of para-hydroxylation sites is 1. The molecule has 0 aliphatic carbocycles. The van der Waals surface area contributed by atoms with Crippen LogP contribution >= 0.6 is 11.8 Å². The van der Waals surface area contributed by atoms with Gasteiger partial charge in [-0.2, -0.15) is 0 Å². The first kappa shape index (κ1) is 20.3. The van der Waals surface area contributed by atoms with Crippen molar-refractivity contribution in [2.24, 2.45) is 0 Å². The summed E-state index contributed by atoms with van der Waals surface area (Å²) >= 11 is 1.52. The molecular formula is C18H22N2O4S2. The zero-order valence-corrected chi connectivity index (χ0v) is 16.5. The van der Waals surface area contributed by atoms with Gasteiger partial charge in [-0.15, -0.1) is 11.8 Å². The molecule has 0 heterocycles.